The van der Waals surface area contributed by atoms with Crippen molar-refractivity contribution in [1.82, 2.24) is 10.2 Å². The number of amides is 2. The molecule has 4 rings (SSSR count). The number of carbonyl (C=O) groups is 2. The number of nitrogens with one attached hydrogen (secondary N) is 1. The van der Waals surface area contributed by atoms with E-state index in [2.05, 4.69) is 12.2 Å². The van der Waals surface area contributed by atoms with Gasteiger partial charge in [-0.2, -0.15) is 0 Å². The predicted molar refractivity (Wildman–Crippen MR) is 87.3 cm³/mol. The van der Waals surface area contributed by atoms with Gasteiger partial charge in [0.1, 0.15) is 12.4 Å². The number of hydrogen-bond acceptors (Lipinski definition) is 4. The van der Waals surface area contributed by atoms with Gasteiger partial charge < -0.3 is 19.7 Å². The Morgan fingerprint density at radius 2 is 2.17 bits per heavy atom. The van der Waals surface area contributed by atoms with Gasteiger partial charge in [-0.3, -0.25) is 9.59 Å². The van der Waals surface area contributed by atoms with E-state index in [1.165, 1.54) is 0 Å². The number of ether oxygens (including phenoxy) is 2. The first kappa shape index (κ1) is 15.4. The molecule has 0 spiro atoms. The fourth-order valence-electron chi connectivity index (χ4n) is 3.69. The van der Waals surface area contributed by atoms with E-state index in [1.54, 1.807) is 18.2 Å². The normalized spacial score (nSPS) is 26.9. The van der Waals surface area contributed by atoms with Crippen molar-refractivity contribution in [3.63, 3.8) is 0 Å². The quantitative estimate of drug-likeness (QED) is 0.891. The first-order valence-corrected chi connectivity index (χ1v) is 8.54. The van der Waals surface area contributed by atoms with Crippen LogP contribution in [0.4, 0.5) is 0 Å². The van der Waals surface area contributed by atoms with Crippen LogP contribution in [0.1, 0.15) is 40.5 Å². The summed E-state index contributed by atoms with van der Waals surface area (Å²) >= 11 is 0. The second kappa shape index (κ2) is 5.77. The number of fused-ring (bicyclic) bond motifs is 1. The van der Waals surface area contributed by atoms with Gasteiger partial charge in [-0.05, 0) is 43.9 Å². The summed E-state index contributed by atoms with van der Waals surface area (Å²) in [6.45, 7) is 4.75. The topological polar surface area (TPSA) is 67.9 Å². The van der Waals surface area contributed by atoms with E-state index in [1.807, 2.05) is 4.90 Å². The lowest BCUT2D eigenvalue weighted by Crippen LogP contribution is -2.58. The van der Waals surface area contributed by atoms with Crippen LogP contribution >= 0.6 is 0 Å². The van der Waals surface area contributed by atoms with Gasteiger partial charge in [-0.15, -0.1) is 0 Å². The van der Waals surface area contributed by atoms with Gasteiger partial charge in [0.2, 0.25) is 0 Å². The van der Waals surface area contributed by atoms with Crippen LogP contribution in [0.5, 0.6) is 5.75 Å². The van der Waals surface area contributed by atoms with Crippen LogP contribution in [-0.4, -0.2) is 55.2 Å². The lowest BCUT2D eigenvalue weighted by Gasteiger charge is -2.45. The maximum atomic E-state index is 13.1. The average Bonchev–Trinajstić information content (AvgIpc) is 3.44. The van der Waals surface area contributed by atoms with Gasteiger partial charge in [0, 0.05) is 12.1 Å². The fourth-order valence-corrected chi connectivity index (χ4v) is 3.69. The number of nitrogens with zero attached hydrogens (tertiary/aromatic N) is 1. The van der Waals surface area contributed by atoms with E-state index < -0.39 is 0 Å². The van der Waals surface area contributed by atoms with Gasteiger partial charge in [0.05, 0.1) is 30.9 Å². The predicted octanol–water partition coefficient (Wildman–Crippen LogP) is 1.45. The number of hydrogen-bond donors (Lipinski definition) is 1. The second-order valence-corrected chi connectivity index (χ2v) is 6.96. The van der Waals surface area contributed by atoms with Crippen molar-refractivity contribution in [2.45, 2.75) is 25.3 Å². The van der Waals surface area contributed by atoms with Crippen molar-refractivity contribution < 1.29 is 19.1 Å². The molecule has 6 nitrogen and oxygen atoms in total. The average molecular weight is 330 g/mol. The van der Waals surface area contributed by atoms with E-state index >= 15 is 0 Å². The molecule has 0 radical (unpaired) electrons. The zero-order valence-corrected chi connectivity index (χ0v) is 13.8. The standard InChI is InChI=1S/C18H22N2O4/c1-18(13-3-4-13)11-23-9-7-20(18)17(22)12-2-5-15-14(10-12)16(21)19-6-8-24-15/h2,5,10,13H,3-4,6-9,11H2,1H3,(H,19,21). The lowest BCUT2D eigenvalue weighted by molar-refractivity contribution is -0.0547. The lowest BCUT2D eigenvalue weighted by atomic mass is 9.92. The number of morpholine rings is 1. The van der Waals surface area contributed by atoms with Crippen molar-refractivity contribution in [1.29, 1.82) is 0 Å². The largest absolute Gasteiger partial charge is 0.491 e. The van der Waals surface area contributed by atoms with Crippen molar-refractivity contribution in [2.75, 3.05) is 32.9 Å². The minimum absolute atomic E-state index is 0.0347. The van der Waals surface area contributed by atoms with Crippen LogP contribution in [-0.2, 0) is 4.74 Å². The van der Waals surface area contributed by atoms with Gasteiger partial charge >= 0.3 is 0 Å². The Bertz CT molecular complexity index is 686. The zero-order valence-electron chi connectivity index (χ0n) is 13.8. The molecule has 1 saturated carbocycles. The molecule has 2 fully saturated rings. The van der Waals surface area contributed by atoms with Crippen LogP contribution in [0.15, 0.2) is 18.2 Å². The molecular formula is C18H22N2O4. The van der Waals surface area contributed by atoms with Crippen LogP contribution < -0.4 is 10.1 Å². The first-order valence-electron chi connectivity index (χ1n) is 8.54. The minimum Gasteiger partial charge on any atom is -0.491 e. The van der Waals surface area contributed by atoms with E-state index in [0.717, 1.165) is 12.8 Å². The highest BCUT2D eigenvalue weighted by Gasteiger charge is 2.49. The van der Waals surface area contributed by atoms with Crippen LogP contribution in [0.2, 0.25) is 0 Å². The molecule has 1 aromatic rings. The maximum Gasteiger partial charge on any atom is 0.255 e. The van der Waals surface area contributed by atoms with E-state index in [-0.39, 0.29) is 17.4 Å². The van der Waals surface area contributed by atoms with Crippen molar-refractivity contribution in [3.8, 4) is 5.75 Å². The third kappa shape index (κ3) is 2.55. The number of rotatable bonds is 2. The molecule has 1 unspecified atom stereocenters. The minimum atomic E-state index is -0.249. The molecule has 0 bridgehead atoms. The Morgan fingerprint density at radius 1 is 1.33 bits per heavy atom. The van der Waals surface area contributed by atoms with Crippen LogP contribution in [0.25, 0.3) is 0 Å². The molecule has 1 saturated heterocycles. The molecule has 1 N–H and O–H groups in total. The zero-order chi connectivity index (χ0) is 16.7. The van der Waals surface area contributed by atoms with Crippen molar-refractivity contribution in [2.24, 2.45) is 5.92 Å². The number of carbonyl (C=O) groups excluding carboxylic acids is 2. The summed E-state index contributed by atoms with van der Waals surface area (Å²) < 4.78 is 11.2. The summed E-state index contributed by atoms with van der Waals surface area (Å²) in [5.74, 6) is 0.819. The van der Waals surface area contributed by atoms with Gasteiger partial charge in [-0.1, -0.05) is 0 Å². The molecule has 2 amide bonds. The smallest absolute Gasteiger partial charge is 0.255 e. The highest BCUT2D eigenvalue weighted by Crippen LogP contribution is 2.44. The third-order valence-corrected chi connectivity index (χ3v) is 5.29. The summed E-state index contributed by atoms with van der Waals surface area (Å²) in [5.41, 5.74) is 0.712. The number of benzene rings is 1. The van der Waals surface area contributed by atoms with E-state index in [4.69, 9.17) is 9.47 Å². The molecule has 1 aliphatic carbocycles. The van der Waals surface area contributed by atoms with Crippen molar-refractivity contribution in [3.05, 3.63) is 29.3 Å². The summed E-state index contributed by atoms with van der Waals surface area (Å²) in [5, 5.41) is 2.78. The first-order chi connectivity index (χ1) is 11.6. The monoisotopic (exact) mass is 330 g/mol. The molecule has 128 valence electrons. The Labute approximate surface area is 141 Å². The summed E-state index contributed by atoms with van der Waals surface area (Å²) in [6.07, 6.45) is 2.29. The molecule has 2 aliphatic heterocycles. The fraction of sp³-hybridized carbons (Fsp3) is 0.556. The molecule has 0 aromatic heterocycles. The van der Waals surface area contributed by atoms with Crippen LogP contribution in [0.3, 0.4) is 0 Å². The van der Waals surface area contributed by atoms with Gasteiger partial charge in [0.25, 0.3) is 11.8 Å². The highest BCUT2D eigenvalue weighted by atomic mass is 16.5. The third-order valence-electron chi connectivity index (χ3n) is 5.29. The highest BCUT2D eigenvalue weighted by molar-refractivity contribution is 6.02. The molecule has 1 atom stereocenters. The molecule has 3 aliphatic rings. The van der Waals surface area contributed by atoms with Crippen molar-refractivity contribution >= 4 is 11.8 Å². The SMILES string of the molecule is CC1(C2CC2)COCCN1C(=O)c1ccc2c(c1)C(=O)NCCO2. The Kier molecular flexibility index (Phi) is 3.72. The summed E-state index contributed by atoms with van der Waals surface area (Å²) in [4.78, 5) is 27.2. The van der Waals surface area contributed by atoms with Gasteiger partial charge in [0.15, 0.2) is 0 Å². The molecule has 1 aromatic carbocycles. The molecule has 6 heteroatoms. The summed E-state index contributed by atoms with van der Waals surface area (Å²) in [7, 11) is 0. The second-order valence-electron chi connectivity index (χ2n) is 6.96. The maximum absolute atomic E-state index is 13.1. The Balaban J connectivity index is 1.65. The van der Waals surface area contributed by atoms with Gasteiger partial charge in [-0.25, -0.2) is 0 Å². The molecule has 24 heavy (non-hydrogen) atoms. The Morgan fingerprint density at radius 3 is 2.96 bits per heavy atom. The van der Waals surface area contributed by atoms with E-state index in [9.17, 15) is 9.59 Å². The summed E-state index contributed by atoms with van der Waals surface area (Å²) in [6, 6.07) is 5.13. The van der Waals surface area contributed by atoms with Crippen LogP contribution in [0, 0.1) is 5.92 Å². The van der Waals surface area contributed by atoms with E-state index in [0.29, 0.717) is 55.7 Å². The molecular weight excluding hydrogens is 308 g/mol. The molecule has 2 heterocycles. The Hall–Kier alpha value is -2.08.